The summed E-state index contributed by atoms with van der Waals surface area (Å²) < 4.78 is 9.93. The normalized spacial score (nSPS) is 21.5. The van der Waals surface area contributed by atoms with Crippen LogP contribution in [0, 0.1) is 0 Å². The summed E-state index contributed by atoms with van der Waals surface area (Å²) in [7, 11) is 3.30. The number of hydrogen-bond acceptors (Lipinski definition) is 6. The molecule has 12 nitrogen and oxygen atoms in total. The molecule has 0 unspecified atom stereocenters. The maximum Gasteiger partial charge on any atom is 0.195 e. The Hall–Kier alpha value is -2.60. The molecule has 172 valence electrons. The third-order valence-corrected chi connectivity index (χ3v) is 4.40. The molecule has 0 heterocycles. The number of nitrogens with one attached hydrogen (secondary N) is 2. The Labute approximate surface area is 178 Å². The van der Waals surface area contributed by atoms with Gasteiger partial charge in [-0.2, -0.15) is 0 Å². The fraction of sp³-hybridized carbons (Fsp3) is 0.778. The first kappa shape index (κ1) is 25.4. The molecule has 1 aliphatic carbocycles. The Morgan fingerprint density at radius 1 is 0.700 bits per heavy atom. The lowest BCUT2D eigenvalue weighted by molar-refractivity contribution is 0.197. The van der Waals surface area contributed by atoms with Gasteiger partial charge in [-0.25, -0.2) is 9.98 Å². The van der Waals surface area contributed by atoms with Crippen LogP contribution in [0.5, 0.6) is 0 Å². The van der Waals surface area contributed by atoms with Gasteiger partial charge >= 0.3 is 0 Å². The van der Waals surface area contributed by atoms with Crippen molar-refractivity contribution in [1.82, 2.24) is 10.6 Å². The average Bonchev–Trinajstić information content (AvgIpc) is 2.70. The van der Waals surface area contributed by atoms with Crippen molar-refractivity contribution in [2.24, 2.45) is 42.9 Å². The van der Waals surface area contributed by atoms with Crippen molar-refractivity contribution in [3.63, 3.8) is 0 Å². The van der Waals surface area contributed by atoms with E-state index in [1.165, 1.54) is 0 Å². The number of guanidine groups is 4. The van der Waals surface area contributed by atoms with Crippen LogP contribution in [-0.4, -0.2) is 76.4 Å². The average molecular weight is 427 g/mol. The molecule has 30 heavy (non-hydrogen) atoms. The summed E-state index contributed by atoms with van der Waals surface area (Å²) >= 11 is 0. The minimum Gasteiger partial charge on any atom is -0.385 e. The molecule has 0 bridgehead atoms. The predicted octanol–water partition coefficient (Wildman–Crippen LogP) is -1.19. The van der Waals surface area contributed by atoms with Crippen molar-refractivity contribution in [2.75, 3.05) is 40.5 Å². The van der Waals surface area contributed by atoms with Gasteiger partial charge in [0.1, 0.15) is 0 Å². The van der Waals surface area contributed by atoms with Crippen molar-refractivity contribution >= 4 is 23.8 Å². The van der Waals surface area contributed by atoms with E-state index >= 15 is 0 Å². The Morgan fingerprint density at radius 3 is 1.40 bits per heavy atom. The van der Waals surface area contributed by atoms with E-state index in [9.17, 15) is 0 Å². The molecule has 0 aromatic rings. The minimum atomic E-state index is 0.117. The van der Waals surface area contributed by atoms with Crippen LogP contribution in [0.4, 0.5) is 0 Å². The fourth-order valence-electron chi connectivity index (χ4n) is 2.93. The standard InChI is InChI=1S/C18H38N10O2/c1-29-11-3-9-23-15(19)27-17(21)25-13-5-7-14(8-6-13)26-18(22)28-16(20)24-10-4-12-30-2/h13-14H,3-12H2,1-2H3,(H5,19,21,23,25,27)(H5,20,22,24,26,28). The molecule has 0 radical (unpaired) electrons. The zero-order valence-corrected chi connectivity index (χ0v) is 18.1. The monoisotopic (exact) mass is 426 g/mol. The largest absolute Gasteiger partial charge is 0.385 e. The third kappa shape index (κ3) is 12.1. The molecule has 0 saturated heterocycles. The second kappa shape index (κ2) is 15.3. The molecular weight excluding hydrogens is 388 g/mol. The van der Waals surface area contributed by atoms with Gasteiger partial charge in [0, 0.05) is 40.5 Å². The van der Waals surface area contributed by atoms with E-state index in [0.29, 0.717) is 26.3 Å². The Kier molecular flexibility index (Phi) is 12.9. The van der Waals surface area contributed by atoms with Crippen LogP contribution >= 0.6 is 0 Å². The number of nitrogens with zero attached hydrogens (tertiary/aromatic N) is 4. The topological polar surface area (TPSA) is 196 Å². The molecule has 10 N–H and O–H groups in total. The quantitative estimate of drug-likeness (QED) is 0.142. The second-order valence-corrected chi connectivity index (χ2v) is 6.97. The van der Waals surface area contributed by atoms with Crippen LogP contribution in [0.3, 0.4) is 0 Å². The third-order valence-electron chi connectivity index (χ3n) is 4.40. The predicted molar refractivity (Wildman–Crippen MR) is 122 cm³/mol. The number of ether oxygens (including phenoxy) is 2. The highest BCUT2D eigenvalue weighted by Crippen LogP contribution is 2.23. The van der Waals surface area contributed by atoms with E-state index in [-0.39, 0.29) is 35.9 Å². The molecule has 0 aromatic heterocycles. The summed E-state index contributed by atoms with van der Waals surface area (Å²) in [5.74, 6) is 1.05. The first-order valence-electron chi connectivity index (χ1n) is 10.2. The molecule has 12 heteroatoms. The van der Waals surface area contributed by atoms with E-state index < -0.39 is 0 Å². The van der Waals surface area contributed by atoms with Crippen molar-refractivity contribution in [2.45, 2.75) is 50.6 Å². The molecular formula is C18H38N10O2. The summed E-state index contributed by atoms with van der Waals surface area (Å²) in [6.45, 7) is 2.42. The van der Waals surface area contributed by atoms with Gasteiger partial charge in [-0.15, -0.1) is 0 Å². The van der Waals surface area contributed by atoms with Gasteiger partial charge < -0.3 is 32.4 Å². The number of hydrogen-bond donors (Lipinski definition) is 6. The number of methoxy groups -OCH3 is 2. The lowest BCUT2D eigenvalue weighted by atomic mass is 9.92. The van der Waals surface area contributed by atoms with Gasteiger partial charge in [-0.05, 0) is 38.5 Å². The van der Waals surface area contributed by atoms with Crippen LogP contribution in [0.25, 0.3) is 0 Å². The molecule has 0 amide bonds. The summed E-state index contributed by atoms with van der Waals surface area (Å²) in [4.78, 5) is 17.3. The molecule has 1 fully saturated rings. The fourth-order valence-corrected chi connectivity index (χ4v) is 2.93. The van der Waals surface area contributed by atoms with Gasteiger partial charge in [0.25, 0.3) is 0 Å². The van der Waals surface area contributed by atoms with Crippen LogP contribution in [0.2, 0.25) is 0 Å². The lowest BCUT2D eigenvalue weighted by Crippen LogP contribution is -2.43. The van der Waals surface area contributed by atoms with E-state index in [0.717, 1.165) is 38.5 Å². The first-order valence-corrected chi connectivity index (χ1v) is 10.2. The second-order valence-electron chi connectivity index (χ2n) is 6.97. The molecule has 0 aliphatic heterocycles. The maximum absolute atomic E-state index is 5.93. The van der Waals surface area contributed by atoms with Crippen molar-refractivity contribution in [3.05, 3.63) is 0 Å². The van der Waals surface area contributed by atoms with Crippen molar-refractivity contribution in [3.8, 4) is 0 Å². The van der Waals surface area contributed by atoms with Gasteiger partial charge in [-0.3, -0.25) is 20.6 Å². The summed E-state index contributed by atoms with van der Waals surface area (Å²) in [6.07, 6.45) is 5.02. The SMILES string of the molecule is COCCCN=C(N)NC(N)=NC1CCC(N=C(N)NC(N)=NCCCOC)CC1. The molecule has 0 aromatic carbocycles. The molecule has 1 saturated carbocycles. The molecule has 1 rings (SSSR count). The minimum absolute atomic E-state index is 0.117. The Bertz CT molecular complexity index is 546. The lowest BCUT2D eigenvalue weighted by Gasteiger charge is -2.24. The number of rotatable bonds is 10. The Balaban J connectivity index is 2.37. The number of nitrogens with two attached hydrogens (primary N) is 4. The van der Waals surface area contributed by atoms with E-state index in [2.05, 4.69) is 30.6 Å². The first-order chi connectivity index (χ1) is 14.4. The molecule has 0 spiro atoms. The molecule has 1 aliphatic rings. The smallest absolute Gasteiger partial charge is 0.195 e. The number of aliphatic imine (C=N–C) groups is 4. The van der Waals surface area contributed by atoms with Gasteiger partial charge in [0.15, 0.2) is 23.8 Å². The summed E-state index contributed by atoms with van der Waals surface area (Å²) in [5, 5.41) is 5.63. The van der Waals surface area contributed by atoms with E-state index in [1.807, 2.05) is 0 Å². The van der Waals surface area contributed by atoms with Gasteiger partial charge in [0.2, 0.25) is 0 Å². The van der Waals surface area contributed by atoms with Crippen LogP contribution in [0.15, 0.2) is 20.0 Å². The van der Waals surface area contributed by atoms with E-state index in [4.69, 9.17) is 32.4 Å². The van der Waals surface area contributed by atoms with Crippen molar-refractivity contribution < 1.29 is 9.47 Å². The van der Waals surface area contributed by atoms with Crippen LogP contribution < -0.4 is 33.6 Å². The van der Waals surface area contributed by atoms with Crippen molar-refractivity contribution in [1.29, 1.82) is 0 Å². The summed E-state index contributed by atoms with van der Waals surface area (Å²) in [5.41, 5.74) is 23.4. The summed E-state index contributed by atoms with van der Waals surface area (Å²) in [6, 6.07) is 0.235. The van der Waals surface area contributed by atoms with Gasteiger partial charge in [-0.1, -0.05) is 0 Å². The zero-order chi connectivity index (χ0) is 22.2. The highest BCUT2D eigenvalue weighted by molar-refractivity contribution is 5.97. The maximum atomic E-state index is 5.93. The molecule has 0 atom stereocenters. The van der Waals surface area contributed by atoms with E-state index in [1.54, 1.807) is 14.2 Å². The zero-order valence-electron chi connectivity index (χ0n) is 18.1. The van der Waals surface area contributed by atoms with Crippen LogP contribution in [0.1, 0.15) is 38.5 Å². The van der Waals surface area contributed by atoms with Gasteiger partial charge in [0.05, 0.1) is 12.1 Å². The highest BCUT2D eigenvalue weighted by Gasteiger charge is 2.21. The van der Waals surface area contributed by atoms with Crippen LogP contribution in [-0.2, 0) is 9.47 Å². The highest BCUT2D eigenvalue weighted by atomic mass is 16.5. The Morgan fingerprint density at radius 2 is 1.07 bits per heavy atom.